The van der Waals surface area contributed by atoms with Crippen LogP contribution in [0.5, 0.6) is 0 Å². The van der Waals surface area contributed by atoms with Crippen LogP contribution >= 0.6 is 0 Å². The topological polar surface area (TPSA) is 26.3 Å². The summed E-state index contributed by atoms with van der Waals surface area (Å²) in [5.41, 5.74) is 2.16. The predicted octanol–water partition coefficient (Wildman–Crippen LogP) is 4.09. The number of carbonyl (C=O) groups is 1. The van der Waals surface area contributed by atoms with E-state index in [1.54, 1.807) is 0 Å². The van der Waals surface area contributed by atoms with Crippen LogP contribution in [0.4, 0.5) is 0 Å². The van der Waals surface area contributed by atoms with Gasteiger partial charge < -0.3 is 4.74 Å². The fraction of sp³-hybridized carbons (Fsp3) is 0.278. The van der Waals surface area contributed by atoms with E-state index in [1.807, 2.05) is 67.6 Å². The number of ketones is 1. The number of benzene rings is 2. The molecule has 0 radical (unpaired) electrons. The summed E-state index contributed by atoms with van der Waals surface area (Å²) in [6, 6.07) is 20.0. The van der Waals surface area contributed by atoms with Crippen molar-refractivity contribution in [2.75, 3.05) is 0 Å². The summed E-state index contributed by atoms with van der Waals surface area (Å²) in [4.78, 5) is 12.3. The van der Waals surface area contributed by atoms with Crippen molar-refractivity contribution in [1.82, 2.24) is 0 Å². The van der Waals surface area contributed by atoms with Crippen LogP contribution in [0.25, 0.3) is 0 Å². The van der Waals surface area contributed by atoms with Gasteiger partial charge in [0.15, 0.2) is 0 Å². The van der Waals surface area contributed by atoms with E-state index in [9.17, 15) is 4.79 Å². The molecule has 0 N–H and O–H groups in total. The van der Waals surface area contributed by atoms with E-state index < -0.39 is 0 Å². The lowest BCUT2D eigenvalue weighted by Crippen LogP contribution is -2.31. The third kappa shape index (κ3) is 2.52. The highest BCUT2D eigenvalue weighted by molar-refractivity contribution is 5.82. The normalized spacial score (nSPS) is 26.4. The molecule has 102 valence electrons. The van der Waals surface area contributed by atoms with E-state index in [0.717, 1.165) is 11.1 Å². The SMILES string of the molecule is C[C@@H]1C(=O)C[C@@H](c2ccccc2)O[C@H]1c1ccccc1. The summed E-state index contributed by atoms with van der Waals surface area (Å²) in [6.45, 7) is 1.96. The van der Waals surface area contributed by atoms with Gasteiger partial charge in [0, 0.05) is 12.3 Å². The average Bonchev–Trinajstić information content (AvgIpc) is 2.51. The van der Waals surface area contributed by atoms with E-state index in [4.69, 9.17) is 4.74 Å². The molecule has 1 saturated heterocycles. The summed E-state index contributed by atoms with van der Waals surface area (Å²) in [7, 11) is 0. The van der Waals surface area contributed by atoms with Crippen LogP contribution in [0, 0.1) is 5.92 Å². The van der Waals surface area contributed by atoms with Crippen molar-refractivity contribution in [3.63, 3.8) is 0 Å². The Labute approximate surface area is 119 Å². The van der Waals surface area contributed by atoms with Crippen molar-refractivity contribution in [3.8, 4) is 0 Å². The minimum absolute atomic E-state index is 0.0858. The molecule has 0 aliphatic carbocycles. The van der Waals surface area contributed by atoms with Crippen molar-refractivity contribution in [2.45, 2.75) is 25.6 Å². The molecule has 1 fully saturated rings. The molecule has 1 heterocycles. The summed E-state index contributed by atoms with van der Waals surface area (Å²) in [5, 5.41) is 0. The Bertz CT molecular complexity index is 577. The van der Waals surface area contributed by atoms with Gasteiger partial charge in [0.05, 0.1) is 12.2 Å². The first-order chi connectivity index (χ1) is 9.75. The Morgan fingerprint density at radius 1 is 0.900 bits per heavy atom. The number of ether oxygens (including phenoxy) is 1. The lowest BCUT2D eigenvalue weighted by Gasteiger charge is -2.34. The van der Waals surface area contributed by atoms with Crippen LogP contribution in [0.15, 0.2) is 60.7 Å². The van der Waals surface area contributed by atoms with Crippen molar-refractivity contribution >= 4 is 5.78 Å². The Morgan fingerprint density at radius 2 is 1.45 bits per heavy atom. The van der Waals surface area contributed by atoms with Crippen LogP contribution in [0.3, 0.4) is 0 Å². The monoisotopic (exact) mass is 266 g/mol. The maximum absolute atomic E-state index is 12.3. The average molecular weight is 266 g/mol. The van der Waals surface area contributed by atoms with Gasteiger partial charge in [0.1, 0.15) is 5.78 Å². The smallest absolute Gasteiger partial charge is 0.141 e. The molecule has 1 aliphatic heterocycles. The van der Waals surface area contributed by atoms with Gasteiger partial charge in [-0.3, -0.25) is 4.79 Å². The van der Waals surface area contributed by atoms with Gasteiger partial charge in [-0.05, 0) is 11.1 Å². The quantitative estimate of drug-likeness (QED) is 0.818. The second kappa shape index (κ2) is 5.59. The van der Waals surface area contributed by atoms with Gasteiger partial charge in [-0.2, -0.15) is 0 Å². The second-order valence-electron chi connectivity index (χ2n) is 5.33. The highest BCUT2D eigenvalue weighted by Gasteiger charge is 2.35. The molecule has 0 bridgehead atoms. The number of Topliss-reactive ketones (excluding diaryl/α,β-unsaturated/α-hetero) is 1. The van der Waals surface area contributed by atoms with Crippen molar-refractivity contribution in [3.05, 3.63) is 71.8 Å². The molecule has 20 heavy (non-hydrogen) atoms. The second-order valence-corrected chi connectivity index (χ2v) is 5.33. The summed E-state index contributed by atoms with van der Waals surface area (Å²) >= 11 is 0. The number of hydrogen-bond acceptors (Lipinski definition) is 2. The van der Waals surface area contributed by atoms with Gasteiger partial charge in [-0.25, -0.2) is 0 Å². The van der Waals surface area contributed by atoms with Crippen LogP contribution < -0.4 is 0 Å². The molecule has 2 aromatic rings. The molecule has 0 spiro atoms. The fourth-order valence-electron chi connectivity index (χ4n) is 2.75. The standard InChI is InChI=1S/C18H18O2/c1-13-16(19)12-17(14-8-4-2-5-9-14)20-18(13)15-10-6-3-7-11-15/h2-11,13,17-18H,12H2,1H3/t13-,17+,18-/m1/s1. The predicted molar refractivity (Wildman–Crippen MR) is 78.2 cm³/mol. The Balaban J connectivity index is 1.89. The third-order valence-electron chi connectivity index (χ3n) is 3.96. The van der Waals surface area contributed by atoms with Crippen LogP contribution in [0.1, 0.15) is 36.7 Å². The zero-order valence-corrected chi connectivity index (χ0v) is 11.5. The summed E-state index contributed by atoms with van der Waals surface area (Å²) < 4.78 is 6.22. The van der Waals surface area contributed by atoms with E-state index in [-0.39, 0.29) is 23.9 Å². The van der Waals surface area contributed by atoms with Gasteiger partial charge >= 0.3 is 0 Å². The lowest BCUT2D eigenvalue weighted by atomic mass is 9.86. The molecule has 3 rings (SSSR count). The lowest BCUT2D eigenvalue weighted by molar-refractivity contribution is -0.146. The molecule has 0 aromatic heterocycles. The van der Waals surface area contributed by atoms with E-state index in [2.05, 4.69) is 0 Å². The molecular formula is C18H18O2. The number of rotatable bonds is 2. The largest absolute Gasteiger partial charge is 0.364 e. The van der Waals surface area contributed by atoms with Gasteiger partial charge in [0.25, 0.3) is 0 Å². The fourth-order valence-corrected chi connectivity index (χ4v) is 2.75. The van der Waals surface area contributed by atoms with Gasteiger partial charge in [-0.15, -0.1) is 0 Å². The molecule has 3 atom stereocenters. The van der Waals surface area contributed by atoms with Crippen molar-refractivity contribution < 1.29 is 9.53 Å². The maximum atomic E-state index is 12.3. The zero-order chi connectivity index (χ0) is 13.9. The van der Waals surface area contributed by atoms with Crippen molar-refractivity contribution in [1.29, 1.82) is 0 Å². The summed E-state index contributed by atoms with van der Waals surface area (Å²) in [5.74, 6) is 0.191. The minimum Gasteiger partial charge on any atom is -0.364 e. The van der Waals surface area contributed by atoms with E-state index >= 15 is 0 Å². The molecule has 0 saturated carbocycles. The first-order valence-corrected chi connectivity index (χ1v) is 7.04. The molecular weight excluding hydrogens is 248 g/mol. The molecule has 0 unspecified atom stereocenters. The van der Waals surface area contributed by atoms with E-state index in [1.165, 1.54) is 0 Å². The van der Waals surface area contributed by atoms with Crippen LogP contribution in [-0.2, 0) is 9.53 Å². The molecule has 2 nitrogen and oxygen atoms in total. The number of hydrogen-bond donors (Lipinski definition) is 0. The molecule has 1 aliphatic rings. The number of carbonyl (C=O) groups excluding carboxylic acids is 1. The first kappa shape index (κ1) is 13.1. The third-order valence-corrected chi connectivity index (χ3v) is 3.96. The Morgan fingerprint density at radius 3 is 2.05 bits per heavy atom. The molecule has 2 heteroatoms. The summed E-state index contributed by atoms with van der Waals surface area (Å²) in [6.07, 6.45) is 0.182. The molecule has 2 aromatic carbocycles. The first-order valence-electron chi connectivity index (χ1n) is 7.04. The van der Waals surface area contributed by atoms with Gasteiger partial charge in [-0.1, -0.05) is 67.6 Å². The minimum atomic E-state index is -0.150. The maximum Gasteiger partial charge on any atom is 0.141 e. The highest BCUT2D eigenvalue weighted by atomic mass is 16.5. The van der Waals surface area contributed by atoms with Crippen LogP contribution in [-0.4, -0.2) is 5.78 Å². The van der Waals surface area contributed by atoms with E-state index in [0.29, 0.717) is 6.42 Å². The Kier molecular flexibility index (Phi) is 3.66. The van der Waals surface area contributed by atoms with Crippen LogP contribution in [0.2, 0.25) is 0 Å². The van der Waals surface area contributed by atoms with Crippen molar-refractivity contribution in [2.24, 2.45) is 5.92 Å². The Hall–Kier alpha value is -1.93. The molecule has 0 amide bonds. The highest BCUT2D eigenvalue weighted by Crippen LogP contribution is 2.40. The van der Waals surface area contributed by atoms with Gasteiger partial charge in [0.2, 0.25) is 0 Å². The zero-order valence-electron chi connectivity index (χ0n) is 11.5.